The normalized spacial score (nSPS) is 10.2. The standard InChI is InChI=1S/C15H14ClN3O3S3/c1-8-12(13(21)22-2)25-15(17-8)19-14(23)18-11(20)7-24-10-5-3-9(16)4-6-10/h3-6H,7H2,1-2H3,(H2,17,18,19,20,23). The van der Waals surface area contributed by atoms with Gasteiger partial charge in [0.05, 0.1) is 18.6 Å². The summed E-state index contributed by atoms with van der Waals surface area (Å²) in [6, 6.07) is 7.20. The Labute approximate surface area is 163 Å². The van der Waals surface area contributed by atoms with E-state index in [4.69, 9.17) is 23.8 Å². The molecule has 0 spiro atoms. The Kier molecular flexibility index (Phi) is 7.18. The Morgan fingerprint density at radius 1 is 1.36 bits per heavy atom. The first-order chi connectivity index (χ1) is 11.9. The quantitative estimate of drug-likeness (QED) is 0.439. The van der Waals surface area contributed by atoms with Crippen LogP contribution < -0.4 is 10.6 Å². The molecule has 10 heteroatoms. The number of thioether (sulfide) groups is 1. The van der Waals surface area contributed by atoms with Crippen molar-refractivity contribution >= 4 is 69.0 Å². The van der Waals surface area contributed by atoms with Crippen molar-refractivity contribution in [1.82, 2.24) is 10.3 Å². The van der Waals surface area contributed by atoms with Crippen LogP contribution in [-0.4, -0.2) is 34.8 Å². The number of benzene rings is 1. The molecule has 132 valence electrons. The van der Waals surface area contributed by atoms with Crippen LogP contribution in [0.25, 0.3) is 0 Å². The van der Waals surface area contributed by atoms with E-state index in [2.05, 4.69) is 20.4 Å². The molecule has 0 unspecified atom stereocenters. The van der Waals surface area contributed by atoms with Crippen LogP contribution in [0.1, 0.15) is 15.4 Å². The lowest BCUT2D eigenvalue weighted by Gasteiger charge is -2.07. The van der Waals surface area contributed by atoms with E-state index >= 15 is 0 Å². The van der Waals surface area contributed by atoms with Crippen LogP contribution in [0, 0.1) is 6.92 Å². The van der Waals surface area contributed by atoms with Gasteiger partial charge in [-0.25, -0.2) is 9.78 Å². The number of carbonyl (C=O) groups excluding carboxylic acids is 2. The van der Waals surface area contributed by atoms with Crippen molar-refractivity contribution in [3.05, 3.63) is 39.9 Å². The first-order valence-electron chi connectivity index (χ1n) is 6.94. The summed E-state index contributed by atoms with van der Waals surface area (Å²) in [5, 5.41) is 6.53. The smallest absolute Gasteiger partial charge is 0.350 e. The first kappa shape index (κ1) is 19.6. The highest BCUT2D eigenvalue weighted by Crippen LogP contribution is 2.23. The second kappa shape index (κ2) is 9.14. The summed E-state index contributed by atoms with van der Waals surface area (Å²) in [7, 11) is 1.30. The van der Waals surface area contributed by atoms with Crippen molar-refractivity contribution in [1.29, 1.82) is 0 Å². The maximum atomic E-state index is 11.9. The molecule has 2 N–H and O–H groups in total. The summed E-state index contributed by atoms with van der Waals surface area (Å²) >= 11 is 13.4. The zero-order chi connectivity index (χ0) is 18.4. The maximum absolute atomic E-state index is 11.9. The lowest BCUT2D eigenvalue weighted by Crippen LogP contribution is -2.35. The number of ether oxygens (including phenoxy) is 1. The number of hydrogen-bond donors (Lipinski definition) is 2. The van der Waals surface area contributed by atoms with Crippen LogP contribution >= 0.6 is 46.9 Å². The van der Waals surface area contributed by atoms with E-state index in [0.717, 1.165) is 16.2 Å². The van der Waals surface area contributed by atoms with E-state index in [-0.39, 0.29) is 16.8 Å². The van der Waals surface area contributed by atoms with Gasteiger partial charge >= 0.3 is 5.97 Å². The number of rotatable bonds is 5. The highest BCUT2D eigenvalue weighted by atomic mass is 35.5. The number of anilines is 1. The molecule has 1 amide bonds. The molecule has 1 aromatic carbocycles. The summed E-state index contributed by atoms with van der Waals surface area (Å²) in [6.07, 6.45) is 0. The molecule has 0 saturated heterocycles. The Morgan fingerprint density at radius 2 is 2.04 bits per heavy atom. The molecule has 0 aliphatic rings. The van der Waals surface area contributed by atoms with Crippen molar-refractivity contribution in [3.8, 4) is 0 Å². The number of aromatic nitrogens is 1. The maximum Gasteiger partial charge on any atom is 0.350 e. The Bertz CT molecular complexity index is 793. The predicted octanol–water partition coefficient (Wildman–Crippen LogP) is 3.50. The zero-order valence-electron chi connectivity index (χ0n) is 13.3. The molecule has 0 radical (unpaired) electrons. The molecular weight excluding hydrogens is 402 g/mol. The number of carbonyl (C=O) groups is 2. The predicted molar refractivity (Wildman–Crippen MR) is 105 cm³/mol. The molecule has 0 saturated carbocycles. The van der Waals surface area contributed by atoms with Crippen LogP contribution in [0.2, 0.25) is 5.02 Å². The molecule has 0 fully saturated rings. The summed E-state index contributed by atoms with van der Waals surface area (Å²) in [6.45, 7) is 1.69. The fourth-order valence-electron chi connectivity index (χ4n) is 1.70. The molecule has 1 aromatic heterocycles. The van der Waals surface area contributed by atoms with Crippen LogP contribution in [0.15, 0.2) is 29.2 Å². The van der Waals surface area contributed by atoms with Gasteiger partial charge in [-0.1, -0.05) is 22.9 Å². The highest BCUT2D eigenvalue weighted by molar-refractivity contribution is 8.00. The van der Waals surface area contributed by atoms with E-state index in [9.17, 15) is 9.59 Å². The van der Waals surface area contributed by atoms with Crippen LogP contribution in [-0.2, 0) is 9.53 Å². The van der Waals surface area contributed by atoms with Crippen molar-refractivity contribution in [3.63, 3.8) is 0 Å². The van der Waals surface area contributed by atoms with Gasteiger partial charge in [-0.05, 0) is 43.4 Å². The van der Waals surface area contributed by atoms with E-state index in [1.165, 1.54) is 18.9 Å². The van der Waals surface area contributed by atoms with Crippen LogP contribution in [0.4, 0.5) is 5.13 Å². The average Bonchev–Trinajstić information content (AvgIpc) is 2.93. The van der Waals surface area contributed by atoms with Crippen LogP contribution in [0.5, 0.6) is 0 Å². The molecule has 2 rings (SSSR count). The summed E-state index contributed by atoms with van der Waals surface area (Å²) in [4.78, 5) is 29.0. The number of thiazole rings is 1. The molecule has 6 nitrogen and oxygen atoms in total. The monoisotopic (exact) mass is 415 g/mol. The van der Waals surface area contributed by atoms with E-state index in [1.807, 2.05) is 12.1 Å². The number of nitrogens with one attached hydrogen (secondary N) is 2. The van der Waals surface area contributed by atoms with Gasteiger partial charge in [-0.2, -0.15) is 0 Å². The zero-order valence-corrected chi connectivity index (χ0v) is 16.5. The van der Waals surface area contributed by atoms with Gasteiger partial charge in [0.25, 0.3) is 0 Å². The van der Waals surface area contributed by atoms with Gasteiger partial charge in [0.2, 0.25) is 5.91 Å². The Balaban J connectivity index is 1.84. The van der Waals surface area contributed by atoms with E-state index in [1.54, 1.807) is 19.1 Å². The largest absolute Gasteiger partial charge is 0.465 e. The molecule has 0 bridgehead atoms. The second-order valence-corrected chi connectivity index (χ2v) is 7.56. The fourth-order valence-corrected chi connectivity index (χ4v) is 3.69. The minimum Gasteiger partial charge on any atom is -0.465 e. The van der Waals surface area contributed by atoms with E-state index < -0.39 is 5.97 Å². The first-order valence-corrected chi connectivity index (χ1v) is 9.53. The molecular formula is C15H14ClN3O3S3. The number of halogens is 1. The van der Waals surface area contributed by atoms with Crippen LogP contribution in [0.3, 0.4) is 0 Å². The average molecular weight is 416 g/mol. The van der Waals surface area contributed by atoms with Gasteiger partial charge in [0.1, 0.15) is 4.88 Å². The van der Waals surface area contributed by atoms with Gasteiger partial charge in [0, 0.05) is 9.92 Å². The summed E-state index contributed by atoms with van der Waals surface area (Å²) < 4.78 is 4.67. The molecule has 0 atom stereocenters. The van der Waals surface area contributed by atoms with Gasteiger partial charge < -0.3 is 15.4 Å². The molecule has 1 heterocycles. The number of esters is 1. The van der Waals surface area contributed by atoms with Crippen molar-refractivity contribution in [2.75, 3.05) is 18.2 Å². The van der Waals surface area contributed by atoms with Gasteiger partial charge in [0.15, 0.2) is 10.2 Å². The molecule has 2 aromatic rings. The number of methoxy groups -OCH3 is 1. The Hall–Kier alpha value is -1.68. The minimum absolute atomic E-state index is 0.117. The summed E-state index contributed by atoms with van der Waals surface area (Å²) in [5.74, 6) is -0.510. The molecule has 0 aliphatic heterocycles. The van der Waals surface area contributed by atoms with Crippen molar-refractivity contribution in [2.45, 2.75) is 11.8 Å². The number of aryl methyl sites for hydroxylation is 1. The molecule has 25 heavy (non-hydrogen) atoms. The fraction of sp³-hybridized carbons (Fsp3) is 0.200. The number of hydrogen-bond acceptors (Lipinski definition) is 7. The SMILES string of the molecule is COC(=O)c1sc(NC(=S)NC(=O)CSc2ccc(Cl)cc2)nc1C. The third kappa shape index (κ3) is 5.96. The lowest BCUT2D eigenvalue weighted by molar-refractivity contribution is -0.117. The minimum atomic E-state index is -0.461. The topological polar surface area (TPSA) is 80.3 Å². The number of amides is 1. The van der Waals surface area contributed by atoms with Gasteiger partial charge in [-0.3, -0.25) is 4.79 Å². The van der Waals surface area contributed by atoms with Gasteiger partial charge in [-0.15, -0.1) is 11.8 Å². The lowest BCUT2D eigenvalue weighted by atomic mass is 10.4. The summed E-state index contributed by atoms with van der Waals surface area (Å²) in [5.41, 5.74) is 0.534. The van der Waals surface area contributed by atoms with E-state index in [0.29, 0.717) is 20.7 Å². The number of thiocarbonyl (C=S) groups is 1. The van der Waals surface area contributed by atoms with Crippen molar-refractivity contribution < 1.29 is 14.3 Å². The molecule has 0 aliphatic carbocycles. The third-order valence-corrected chi connectivity index (χ3v) is 5.35. The number of nitrogens with zero attached hydrogens (tertiary/aromatic N) is 1. The van der Waals surface area contributed by atoms with Crippen molar-refractivity contribution in [2.24, 2.45) is 0 Å². The second-order valence-electron chi connectivity index (χ2n) is 4.67. The highest BCUT2D eigenvalue weighted by Gasteiger charge is 2.16. The Morgan fingerprint density at radius 3 is 2.68 bits per heavy atom. The third-order valence-electron chi connectivity index (χ3n) is 2.82.